The van der Waals surface area contributed by atoms with E-state index in [-0.39, 0.29) is 13.2 Å². The number of aliphatic hydroxyl groups is 2. The molecule has 12 heteroatoms. The zero-order valence-electron chi connectivity index (χ0n) is 10.5. The first kappa shape index (κ1) is 14.4. The quantitative estimate of drug-likeness (QED) is 0.274. The number of aliphatic hydroxyl groups excluding tert-OH is 2. The summed E-state index contributed by atoms with van der Waals surface area (Å²) in [5.41, 5.74) is 2.21. The Morgan fingerprint density at radius 1 is 0.875 bits per heavy atom. The third-order valence-electron chi connectivity index (χ3n) is 3.61. The van der Waals surface area contributed by atoms with Crippen molar-refractivity contribution in [2.45, 2.75) is 0 Å². The van der Waals surface area contributed by atoms with Crippen molar-refractivity contribution >= 4 is 70.8 Å². The molecule has 16 heavy (non-hydrogen) atoms. The zero-order chi connectivity index (χ0) is 11.8. The number of rotatable bonds is 10. The standard InChI is InChI=1S/C4H16B10O2/c5-6-7-8-9-10-11-12-13-14-3(1-15)4(14)2-16/h6-13,15-16H,1-2,5H2. The van der Waals surface area contributed by atoms with Gasteiger partial charge in [-0.15, -0.1) is 0 Å². The Kier molecular flexibility index (Phi) is 7.55. The third kappa shape index (κ3) is 4.67. The van der Waals surface area contributed by atoms with Gasteiger partial charge in [-0.05, 0) is 0 Å². The van der Waals surface area contributed by atoms with Gasteiger partial charge in [-0.2, -0.15) is 0 Å². The van der Waals surface area contributed by atoms with Crippen LogP contribution in [0.4, 0.5) is 0 Å². The topological polar surface area (TPSA) is 40.5 Å². The molecule has 0 radical (unpaired) electrons. The van der Waals surface area contributed by atoms with E-state index in [0.717, 1.165) is 18.0 Å². The highest BCUT2D eigenvalue weighted by Gasteiger charge is 2.37. The Labute approximate surface area is 105 Å². The van der Waals surface area contributed by atoms with Gasteiger partial charge in [0.1, 0.15) is 0 Å². The summed E-state index contributed by atoms with van der Waals surface area (Å²) in [6, 6.07) is 0. The van der Waals surface area contributed by atoms with Gasteiger partial charge in [0.15, 0.2) is 6.60 Å². The van der Waals surface area contributed by atoms with Crippen LogP contribution < -0.4 is 0 Å². The van der Waals surface area contributed by atoms with Gasteiger partial charge in [0.2, 0.25) is 0 Å². The molecular formula is C4H16B10O2. The first-order chi connectivity index (χ1) is 7.85. The van der Waals surface area contributed by atoms with Crippen LogP contribution in [0.2, 0.25) is 0 Å². The molecule has 0 amide bonds. The molecule has 1 rings (SSSR count). The van der Waals surface area contributed by atoms with Crippen LogP contribution in [-0.4, -0.2) is 94.3 Å². The monoisotopic (exact) mass is 206 g/mol. The summed E-state index contributed by atoms with van der Waals surface area (Å²) in [6.45, 7) is 0.749. The van der Waals surface area contributed by atoms with Crippen molar-refractivity contribution in [2.24, 2.45) is 0 Å². The molecule has 2 N–H and O–H groups in total. The van der Waals surface area contributed by atoms with E-state index in [2.05, 4.69) is 7.74 Å². The van der Waals surface area contributed by atoms with Crippen LogP contribution in [0, 0.1) is 0 Å². The molecule has 0 aliphatic carbocycles. The van der Waals surface area contributed by atoms with Gasteiger partial charge in [0, 0.05) is 49.4 Å². The average Bonchev–Trinajstić information content (AvgIpc) is 3.00. The Morgan fingerprint density at radius 2 is 1.38 bits per heavy atom. The molecule has 0 aromatic heterocycles. The van der Waals surface area contributed by atoms with Gasteiger partial charge in [-0.1, -0.05) is 10.9 Å². The lowest BCUT2D eigenvalue weighted by Crippen LogP contribution is -2.33. The number of hydrogen-bond acceptors (Lipinski definition) is 2. The lowest BCUT2D eigenvalue weighted by Gasteiger charge is -1.93. The second-order valence-electron chi connectivity index (χ2n) is 4.83. The van der Waals surface area contributed by atoms with Crippen molar-refractivity contribution in [2.75, 3.05) is 13.2 Å². The molecule has 0 aromatic rings. The molecule has 2 nitrogen and oxygen atoms in total. The lowest BCUT2D eigenvalue weighted by atomic mass is 8.88. The van der Waals surface area contributed by atoms with E-state index in [4.69, 9.17) is 10.2 Å². The van der Waals surface area contributed by atoms with Crippen molar-refractivity contribution in [1.29, 1.82) is 0 Å². The highest BCUT2D eigenvalue weighted by molar-refractivity contribution is 7.70. The normalized spacial score (nSPS) is 12.8. The molecule has 1 heterocycles. The van der Waals surface area contributed by atoms with E-state index in [1.807, 2.05) is 0 Å². The second-order valence-corrected chi connectivity index (χ2v) is 4.83. The molecule has 74 valence electrons. The largest absolute Gasteiger partial charge is 0.393 e. The molecule has 0 fully saturated rings. The molecule has 0 atom stereocenters. The van der Waals surface area contributed by atoms with E-state index in [9.17, 15) is 0 Å². The fraction of sp³-hybridized carbons (Fsp3) is 0.500. The van der Waals surface area contributed by atoms with E-state index in [1.54, 1.807) is 0 Å². The zero-order valence-corrected chi connectivity index (χ0v) is 10.5. The maximum atomic E-state index is 9.01. The summed E-state index contributed by atoms with van der Waals surface area (Å²) in [4.78, 5) is 0. The molecule has 0 spiro atoms. The van der Waals surface area contributed by atoms with Crippen LogP contribution >= 0.6 is 0 Å². The van der Waals surface area contributed by atoms with Gasteiger partial charge in [-0.25, -0.2) is 0 Å². The van der Waals surface area contributed by atoms with E-state index in [0.29, 0.717) is 6.60 Å². The van der Waals surface area contributed by atoms with Gasteiger partial charge < -0.3 is 10.2 Å². The summed E-state index contributed by atoms with van der Waals surface area (Å²) < 4.78 is 0. The Hall–Kier alpha value is 0.309. The molecule has 0 aromatic carbocycles. The van der Waals surface area contributed by atoms with Crippen molar-refractivity contribution in [1.82, 2.24) is 0 Å². The Balaban J connectivity index is 1.90. The molecule has 1 aliphatic rings. The maximum Gasteiger partial charge on any atom is 0.159 e. The van der Waals surface area contributed by atoms with Crippen LogP contribution in [-0.2, 0) is 0 Å². The van der Waals surface area contributed by atoms with Crippen LogP contribution in [0.1, 0.15) is 0 Å². The average molecular weight is 204 g/mol. The molecule has 0 saturated carbocycles. The summed E-state index contributed by atoms with van der Waals surface area (Å²) >= 11 is 0. The van der Waals surface area contributed by atoms with Gasteiger partial charge >= 0.3 is 0 Å². The van der Waals surface area contributed by atoms with Gasteiger partial charge in [0.25, 0.3) is 0 Å². The van der Waals surface area contributed by atoms with Crippen molar-refractivity contribution < 1.29 is 10.2 Å². The minimum absolute atomic E-state index is 0.150. The molecule has 0 unspecified atom stereocenters. The van der Waals surface area contributed by atoms with Gasteiger partial charge in [-0.3, -0.25) is 0 Å². The first-order valence-corrected chi connectivity index (χ1v) is 6.78. The summed E-state index contributed by atoms with van der Waals surface area (Å²) in [5.74, 6) is 0. The van der Waals surface area contributed by atoms with E-state index >= 15 is 0 Å². The van der Waals surface area contributed by atoms with Crippen molar-refractivity contribution in [3.63, 3.8) is 0 Å². The second kappa shape index (κ2) is 8.41. The van der Waals surface area contributed by atoms with Crippen LogP contribution in [0.15, 0.2) is 10.9 Å². The fourth-order valence-corrected chi connectivity index (χ4v) is 2.46. The van der Waals surface area contributed by atoms with Crippen LogP contribution in [0.5, 0.6) is 0 Å². The maximum absolute atomic E-state index is 9.01. The molecule has 0 saturated heterocycles. The van der Waals surface area contributed by atoms with E-state index in [1.165, 1.54) is 49.4 Å². The summed E-state index contributed by atoms with van der Waals surface area (Å²) in [6.07, 6.45) is 0. The summed E-state index contributed by atoms with van der Waals surface area (Å²) in [7, 11) is 12.7. The molecule has 1 aliphatic heterocycles. The minimum atomic E-state index is 0.150. The predicted octanol–water partition coefficient (Wildman–Crippen LogP) is -7.20. The van der Waals surface area contributed by atoms with Crippen LogP contribution in [0.25, 0.3) is 0 Å². The first-order valence-electron chi connectivity index (χ1n) is 6.78. The molecule has 0 bridgehead atoms. The summed E-state index contributed by atoms with van der Waals surface area (Å²) in [5, 5.41) is 18.0. The van der Waals surface area contributed by atoms with Crippen LogP contribution in [0.3, 0.4) is 0 Å². The fourth-order valence-electron chi connectivity index (χ4n) is 2.46. The highest BCUT2D eigenvalue weighted by Crippen LogP contribution is 2.26. The van der Waals surface area contributed by atoms with Crippen molar-refractivity contribution in [3.8, 4) is 0 Å². The lowest BCUT2D eigenvalue weighted by molar-refractivity contribution is 0.329. The third-order valence-corrected chi connectivity index (χ3v) is 3.61. The highest BCUT2D eigenvalue weighted by atomic mass is 16.3. The Bertz CT molecular complexity index is 219. The Morgan fingerprint density at radius 3 is 1.88 bits per heavy atom. The minimum Gasteiger partial charge on any atom is -0.393 e. The van der Waals surface area contributed by atoms with E-state index < -0.39 is 0 Å². The SMILES string of the molecule is BBBBBBBBBB1C(CO)=C1CO. The smallest absolute Gasteiger partial charge is 0.159 e. The molecular weight excluding hydrogens is 188 g/mol. The van der Waals surface area contributed by atoms with Crippen molar-refractivity contribution in [3.05, 3.63) is 10.9 Å². The number of hydrogen-bond donors (Lipinski definition) is 2. The van der Waals surface area contributed by atoms with Gasteiger partial charge in [0.05, 0.1) is 28.0 Å². The predicted molar refractivity (Wildman–Crippen MR) is 92.7 cm³/mol.